The molecule has 1 aromatic carbocycles. The SMILES string of the molecule is CCCCCCCCCCCCn1nnc(-c2ccc(C)cc2)c1CN. The van der Waals surface area contributed by atoms with Crippen molar-refractivity contribution in [2.75, 3.05) is 0 Å². The van der Waals surface area contributed by atoms with Gasteiger partial charge in [-0.25, -0.2) is 4.68 Å². The summed E-state index contributed by atoms with van der Waals surface area (Å²) in [5, 5.41) is 8.73. The van der Waals surface area contributed by atoms with Crippen LogP contribution in [0.1, 0.15) is 82.4 Å². The van der Waals surface area contributed by atoms with Gasteiger partial charge >= 0.3 is 0 Å². The highest BCUT2D eigenvalue weighted by molar-refractivity contribution is 5.61. The van der Waals surface area contributed by atoms with Gasteiger partial charge in [0.1, 0.15) is 5.69 Å². The Labute approximate surface area is 159 Å². The van der Waals surface area contributed by atoms with Gasteiger partial charge in [-0.2, -0.15) is 0 Å². The van der Waals surface area contributed by atoms with Crippen molar-refractivity contribution in [1.29, 1.82) is 0 Å². The zero-order chi connectivity index (χ0) is 18.6. The van der Waals surface area contributed by atoms with Crippen LogP contribution in [0.5, 0.6) is 0 Å². The Morgan fingerprint density at radius 3 is 2.00 bits per heavy atom. The summed E-state index contributed by atoms with van der Waals surface area (Å²) >= 11 is 0. The maximum absolute atomic E-state index is 5.98. The molecule has 144 valence electrons. The van der Waals surface area contributed by atoms with Gasteiger partial charge in [0, 0.05) is 18.7 Å². The number of benzene rings is 1. The Morgan fingerprint density at radius 1 is 0.846 bits per heavy atom. The third-order valence-corrected chi connectivity index (χ3v) is 5.08. The average Bonchev–Trinajstić information content (AvgIpc) is 3.06. The molecular weight excluding hydrogens is 320 g/mol. The van der Waals surface area contributed by atoms with Crippen molar-refractivity contribution >= 4 is 0 Å². The van der Waals surface area contributed by atoms with Crippen LogP contribution in [-0.2, 0) is 13.1 Å². The van der Waals surface area contributed by atoms with E-state index in [9.17, 15) is 0 Å². The molecule has 1 aromatic heterocycles. The van der Waals surface area contributed by atoms with E-state index in [0.29, 0.717) is 6.54 Å². The summed E-state index contributed by atoms with van der Waals surface area (Å²) in [6.07, 6.45) is 13.4. The van der Waals surface area contributed by atoms with Crippen molar-refractivity contribution in [2.45, 2.75) is 91.1 Å². The minimum absolute atomic E-state index is 0.480. The zero-order valence-corrected chi connectivity index (χ0v) is 16.7. The summed E-state index contributed by atoms with van der Waals surface area (Å²) in [5.74, 6) is 0. The van der Waals surface area contributed by atoms with E-state index >= 15 is 0 Å². The standard InChI is InChI=1S/C22H36N4/c1-3-4-5-6-7-8-9-10-11-12-17-26-21(18-23)22(24-25-26)20-15-13-19(2)14-16-20/h13-16H,3-12,17-18,23H2,1-2H3. The lowest BCUT2D eigenvalue weighted by Crippen LogP contribution is -2.10. The van der Waals surface area contributed by atoms with Crippen LogP contribution in [-0.4, -0.2) is 15.0 Å². The van der Waals surface area contributed by atoms with Crippen LogP contribution in [0, 0.1) is 6.92 Å². The van der Waals surface area contributed by atoms with Gasteiger partial charge in [0.2, 0.25) is 0 Å². The van der Waals surface area contributed by atoms with Gasteiger partial charge in [-0.05, 0) is 13.3 Å². The molecule has 0 bridgehead atoms. The summed E-state index contributed by atoms with van der Waals surface area (Å²) < 4.78 is 2.00. The first-order valence-electron chi connectivity index (χ1n) is 10.5. The fourth-order valence-electron chi connectivity index (χ4n) is 3.40. The Kier molecular flexibility index (Phi) is 9.40. The predicted molar refractivity (Wildman–Crippen MR) is 110 cm³/mol. The molecule has 2 rings (SSSR count). The zero-order valence-electron chi connectivity index (χ0n) is 16.7. The number of nitrogens with two attached hydrogens (primary N) is 1. The second kappa shape index (κ2) is 11.8. The molecule has 1 heterocycles. The Hall–Kier alpha value is -1.68. The summed E-state index contributed by atoms with van der Waals surface area (Å²) in [4.78, 5) is 0. The van der Waals surface area contributed by atoms with Crippen LogP contribution in [0.15, 0.2) is 24.3 Å². The van der Waals surface area contributed by atoms with Gasteiger partial charge in [-0.1, -0.05) is 99.8 Å². The highest BCUT2D eigenvalue weighted by atomic mass is 15.4. The summed E-state index contributed by atoms with van der Waals surface area (Å²) in [6.45, 7) is 5.76. The van der Waals surface area contributed by atoms with E-state index in [0.717, 1.165) is 29.9 Å². The number of nitrogens with zero attached hydrogens (tertiary/aromatic N) is 3. The van der Waals surface area contributed by atoms with Gasteiger partial charge in [0.15, 0.2) is 0 Å². The number of rotatable bonds is 13. The molecule has 0 aliphatic rings. The smallest absolute Gasteiger partial charge is 0.117 e. The summed E-state index contributed by atoms with van der Waals surface area (Å²) in [5.41, 5.74) is 10.3. The van der Waals surface area contributed by atoms with Crippen LogP contribution >= 0.6 is 0 Å². The minimum Gasteiger partial charge on any atom is -0.325 e. The van der Waals surface area contributed by atoms with Crippen molar-refractivity contribution in [3.8, 4) is 11.3 Å². The van der Waals surface area contributed by atoms with Gasteiger partial charge in [0.25, 0.3) is 0 Å². The Bertz CT molecular complexity index is 616. The quantitative estimate of drug-likeness (QED) is 0.473. The Balaban J connectivity index is 1.71. The van der Waals surface area contributed by atoms with Crippen LogP contribution in [0.2, 0.25) is 0 Å². The van der Waals surface area contributed by atoms with Crippen molar-refractivity contribution < 1.29 is 0 Å². The first-order valence-corrected chi connectivity index (χ1v) is 10.5. The highest BCUT2D eigenvalue weighted by Crippen LogP contribution is 2.22. The lowest BCUT2D eigenvalue weighted by atomic mass is 10.1. The molecule has 0 fully saturated rings. The van der Waals surface area contributed by atoms with Crippen LogP contribution in [0.4, 0.5) is 0 Å². The molecule has 0 spiro atoms. The van der Waals surface area contributed by atoms with Crippen LogP contribution < -0.4 is 5.73 Å². The van der Waals surface area contributed by atoms with Gasteiger partial charge in [0.05, 0.1) is 5.69 Å². The predicted octanol–water partition coefficient (Wildman–Crippen LogP) is 5.63. The molecule has 0 saturated carbocycles. The van der Waals surface area contributed by atoms with Gasteiger partial charge in [-0.15, -0.1) is 5.10 Å². The van der Waals surface area contributed by atoms with Crippen molar-refractivity contribution in [3.05, 3.63) is 35.5 Å². The normalized spacial score (nSPS) is 11.2. The number of aromatic nitrogens is 3. The van der Waals surface area contributed by atoms with E-state index in [2.05, 4.69) is 48.4 Å². The largest absolute Gasteiger partial charge is 0.325 e. The molecule has 0 radical (unpaired) electrons. The highest BCUT2D eigenvalue weighted by Gasteiger charge is 2.12. The molecule has 0 unspecified atom stereocenters. The van der Waals surface area contributed by atoms with E-state index in [4.69, 9.17) is 5.73 Å². The molecule has 0 aliphatic heterocycles. The maximum atomic E-state index is 5.98. The fourth-order valence-corrected chi connectivity index (χ4v) is 3.40. The summed E-state index contributed by atoms with van der Waals surface area (Å²) in [7, 11) is 0. The lowest BCUT2D eigenvalue weighted by Gasteiger charge is -2.07. The number of hydrogen-bond acceptors (Lipinski definition) is 3. The summed E-state index contributed by atoms with van der Waals surface area (Å²) in [6, 6.07) is 8.42. The van der Waals surface area contributed by atoms with Crippen LogP contribution in [0.25, 0.3) is 11.3 Å². The monoisotopic (exact) mass is 356 g/mol. The molecule has 0 saturated heterocycles. The topological polar surface area (TPSA) is 56.7 Å². The van der Waals surface area contributed by atoms with Crippen molar-refractivity contribution in [3.63, 3.8) is 0 Å². The maximum Gasteiger partial charge on any atom is 0.117 e. The molecule has 2 aromatic rings. The van der Waals surface area contributed by atoms with Crippen molar-refractivity contribution in [2.24, 2.45) is 5.73 Å². The number of hydrogen-bond donors (Lipinski definition) is 1. The molecule has 0 atom stereocenters. The third-order valence-electron chi connectivity index (χ3n) is 5.08. The molecule has 0 aliphatic carbocycles. The van der Waals surface area contributed by atoms with E-state index in [1.165, 1.54) is 63.4 Å². The third kappa shape index (κ3) is 6.56. The van der Waals surface area contributed by atoms with E-state index < -0.39 is 0 Å². The molecular formula is C22H36N4. The molecule has 2 N–H and O–H groups in total. The number of aryl methyl sites for hydroxylation is 2. The Morgan fingerprint density at radius 2 is 1.42 bits per heavy atom. The van der Waals surface area contributed by atoms with Gasteiger partial charge in [-0.3, -0.25) is 0 Å². The number of unbranched alkanes of at least 4 members (excludes halogenated alkanes) is 9. The van der Waals surface area contributed by atoms with E-state index in [1.807, 2.05) is 4.68 Å². The minimum atomic E-state index is 0.480. The average molecular weight is 357 g/mol. The molecule has 4 heteroatoms. The van der Waals surface area contributed by atoms with E-state index in [-0.39, 0.29) is 0 Å². The van der Waals surface area contributed by atoms with Gasteiger partial charge < -0.3 is 5.73 Å². The molecule has 4 nitrogen and oxygen atoms in total. The van der Waals surface area contributed by atoms with Crippen LogP contribution in [0.3, 0.4) is 0 Å². The second-order valence-electron chi connectivity index (χ2n) is 7.36. The van der Waals surface area contributed by atoms with E-state index in [1.54, 1.807) is 0 Å². The lowest BCUT2D eigenvalue weighted by molar-refractivity contribution is 0.497. The molecule has 26 heavy (non-hydrogen) atoms. The second-order valence-corrected chi connectivity index (χ2v) is 7.36. The fraction of sp³-hybridized carbons (Fsp3) is 0.636. The van der Waals surface area contributed by atoms with Crippen molar-refractivity contribution in [1.82, 2.24) is 15.0 Å². The molecule has 0 amide bonds. The first-order chi connectivity index (χ1) is 12.8. The first kappa shape index (κ1) is 20.6.